The van der Waals surface area contributed by atoms with Gasteiger partial charge in [-0.15, -0.1) is 0 Å². The minimum absolute atomic E-state index is 0.0407. The Hall–Kier alpha value is -1.92. The number of benzene rings is 2. The summed E-state index contributed by atoms with van der Waals surface area (Å²) in [5, 5.41) is 5.97. The van der Waals surface area contributed by atoms with Crippen molar-refractivity contribution in [1.29, 1.82) is 0 Å². The van der Waals surface area contributed by atoms with Gasteiger partial charge in [-0.05, 0) is 43.5 Å². The van der Waals surface area contributed by atoms with Crippen LogP contribution in [0.3, 0.4) is 0 Å². The van der Waals surface area contributed by atoms with Gasteiger partial charge in [0, 0.05) is 22.9 Å². The molecule has 1 aliphatic heterocycles. The van der Waals surface area contributed by atoms with E-state index in [9.17, 15) is 9.59 Å². The summed E-state index contributed by atoms with van der Waals surface area (Å²) in [6.45, 7) is 1.30. The van der Waals surface area contributed by atoms with Crippen LogP contribution in [-0.2, 0) is 0 Å². The highest BCUT2D eigenvalue weighted by Gasteiger charge is 2.15. The molecular formula is C19H20N2O2S2. The van der Waals surface area contributed by atoms with E-state index in [2.05, 4.69) is 10.6 Å². The molecule has 0 bridgehead atoms. The van der Waals surface area contributed by atoms with Crippen LogP contribution >= 0.6 is 21.6 Å². The summed E-state index contributed by atoms with van der Waals surface area (Å²) in [4.78, 5) is 26.7. The summed E-state index contributed by atoms with van der Waals surface area (Å²) in [6, 6.07) is 15.2. The van der Waals surface area contributed by atoms with Crippen LogP contribution in [0.25, 0.3) is 0 Å². The average molecular weight is 373 g/mol. The number of amides is 2. The molecule has 0 aromatic heterocycles. The van der Waals surface area contributed by atoms with Crippen molar-refractivity contribution in [3.05, 3.63) is 59.7 Å². The third-order valence-electron chi connectivity index (χ3n) is 3.91. The van der Waals surface area contributed by atoms with Gasteiger partial charge in [0.15, 0.2) is 0 Å². The SMILES string of the molecule is O=C1NCCCCCNC(=O)c2ccccc2SSc2ccccc21. The molecule has 1 heterocycles. The highest BCUT2D eigenvalue weighted by molar-refractivity contribution is 8.76. The van der Waals surface area contributed by atoms with Gasteiger partial charge < -0.3 is 10.6 Å². The largest absolute Gasteiger partial charge is 0.352 e. The zero-order valence-electron chi connectivity index (χ0n) is 13.8. The summed E-state index contributed by atoms with van der Waals surface area (Å²) in [6.07, 6.45) is 2.78. The van der Waals surface area contributed by atoms with Crippen LogP contribution in [0.4, 0.5) is 0 Å². The fourth-order valence-corrected chi connectivity index (χ4v) is 4.92. The van der Waals surface area contributed by atoms with Crippen LogP contribution in [0.15, 0.2) is 58.3 Å². The Balaban J connectivity index is 1.88. The molecule has 2 amide bonds. The van der Waals surface area contributed by atoms with Gasteiger partial charge >= 0.3 is 0 Å². The molecule has 0 fully saturated rings. The van der Waals surface area contributed by atoms with Gasteiger partial charge in [0.1, 0.15) is 0 Å². The van der Waals surface area contributed by atoms with Gasteiger partial charge in [-0.1, -0.05) is 45.9 Å². The number of nitrogens with one attached hydrogen (secondary N) is 2. The van der Waals surface area contributed by atoms with E-state index >= 15 is 0 Å². The van der Waals surface area contributed by atoms with Crippen LogP contribution < -0.4 is 10.6 Å². The third kappa shape index (κ3) is 4.80. The van der Waals surface area contributed by atoms with E-state index in [-0.39, 0.29) is 11.8 Å². The first kappa shape index (κ1) is 17.9. The molecule has 2 N–H and O–H groups in total. The number of fused-ring (bicyclic) bond motifs is 2. The standard InChI is InChI=1S/C19H20N2O2S2/c22-18-14-8-2-4-10-16(14)24-25-17-11-5-3-9-15(17)19(23)21-13-7-1-6-12-20-18/h2-5,8-11H,1,6-7,12-13H2,(H,20,22)(H,21,23). The Morgan fingerprint density at radius 3 is 1.56 bits per heavy atom. The van der Waals surface area contributed by atoms with Crippen molar-refractivity contribution in [2.75, 3.05) is 13.1 Å². The van der Waals surface area contributed by atoms with Crippen molar-refractivity contribution in [3.63, 3.8) is 0 Å². The average Bonchev–Trinajstić information content (AvgIpc) is 2.65. The number of rotatable bonds is 0. The first-order chi connectivity index (χ1) is 12.3. The predicted octanol–water partition coefficient (Wildman–Crippen LogP) is 4.13. The molecule has 2 aromatic carbocycles. The molecule has 3 rings (SSSR count). The van der Waals surface area contributed by atoms with E-state index in [0.29, 0.717) is 24.2 Å². The van der Waals surface area contributed by atoms with E-state index < -0.39 is 0 Å². The molecule has 2 aromatic rings. The molecule has 0 aliphatic carbocycles. The third-order valence-corrected chi connectivity index (χ3v) is 6.39. The summed E-state index contributed by atoms with van der Waals surface area (Å²) >= 11 is 0. The van der Waals surface area contributed by atoms with Gasteiger partial charge in [-0.25, -0.2) is 0 Å². The fraction of sp³-hybridized carbons (Fsp3) is 0.263. The zero-order chi connectivity index (χ0) is 17.5. The highest BCUT2D eigenvalue weighted by Crippen LogP contribution is 2.40. The molecule has 4 nitrogen and oxygen atoms in total. The molecule has 0 unspecified atom stereocenters. The van der Waals surface area contributed by atoms with E-state index in [4.69, 9.17) is 0 Å². The van der Waals surface area contributed by atoms with Crippen molar-refractivity contribution in [1.82, 2.24) is 10.6 Å². The van der Waals surface area contributed by atoms with E-state index in [0.717, 1.165) is 29.1 Å². The number of carbonyl (C=O) groups excluding carboxylic acids is 2. The molecule has 0 atom stereocenters. The quantitative estimate of drug-likeness (QED) is 0.683. The minimum atomic E-state index is -0.0407. The van der Waals surface area contributed by atoms with Crippen molar-refractivity contribution in [2.45, 2.75) is 29.1 Å². The first-order valence-corrected chi connectivity index (χ1v) is 10.5. The Labute approximate surface area is 155 Å². The van der Waals surface area contributed by atoms with Crippen LogP contribution in [0.5, 0.6) is 0 Å². The number of carbonyl (C=O) groups is 2. The predicted molar refractivity (Wildman–Crippen MR) is 103 cm³/mol. The van der Waals surface area contributed by atoms with Gasteiger partial charge in [-0.3, -0.25) is 9.59 Å². The van der Waals surface area contributed by atoms with Gasteiger partial charge in [0.2, 0.25) is 0 Å². The van der Waals surface area contributed by atoms with Crippen molar-refractivity contribution in [3.8, 4) is 0 Å². The van der Waals surface area contributed by atoms with Gasteiger partial charge in [-0.2, -0.15) is 0 Å². The van der Waals surface area contributed by atoms with E-state index in [1.807, 2.05) is 48.5 Å². The topological polar surface area (TPSA) is 58.2 Å². The Morgan fingerprint density at radius 1 is 0.640 bits per heavy atom. The van der Waals surface area contributed by atoms with Crippen molar-refractivity contribution < 1.29 is 9.59 Å². The highest BCUT2D eigenvalue weighted by atomic mass is 33.1. The lowest BCUT2D eigenvalue weighted by molar-refractivity contribution is 0.0944. The fourth-order valence-electron chi connectivity index (χ4n) is 2.56. The summed E-state index contributed by atoms with van der Waals surface area (Å²) < 4.78 is 0. The second kappa shape index (κ2) is 8.97. The maximum Gasteiger partial charge on any atom is 0.252 e. The molecule has 130 valence electrons. The minimum Gasteiger partial charge on any atom is -0.352 e. The summed E-state index contributed by atoms with van der Waals surface area (Å²) in [7, 11) is 3.01. The molecule has 0 radical (unpaired) electrons. The number of hydrogen-bond acceptors (Lipinski definition) is 4. The van der Waals surface area contributed by atoms with Crippen LogP contribution in [0.2, 0.25) is 0 Å². The zero-order valence-corrected chi connectivity index (χ0v) is 15.4. The van der Waals surface area contributed by atoms with E-state index in [1.54, 1.807) is 0 Å². The van der Waals surface area contributed by atoms with Crippen molar-refractivity contribution >= 4 is 33.4 Å². The molecule has 25 heavy (non-hydrogen) atoms. The maximum atomic E-state index is 12.4. The van der Waals surface area contributed by atoms with Crippen LogP contribution in [0.1, 0.15) is 40.0 Å². The smallest absolute Gasteiger partial charge is 0.252 e. The van der Waals surface area contributed by atoms with Crippen LogP contribution in [0, 0.1) is 0 Å². The number of hydrogen-bond donors (Lipinski definition) is 2. The maximum absolute atomic E-state index is 12.4. The lowest BCUT2D eigenvalue weighted by atomic mass is 10.2. The first-order valence-electron chi connectivity index (χ1n) is 8.34. The Kier molecular flexibility index (Phi) is 6.42. The van der Waals surface area contributed by atoms with Gasteiger partial charge in [0.05, 0.1) is 11.1 Å². The monoisotopic (exact) mass is 372 g/mol. The molecule has 0 spiro atoms. The summed E-state index contributed by atoms with van der Waals surface area (Å²) in [5.74, 6) is -0.0814. The second-order valence-corrected chi connectivity index (χ2v) is 7.94. The Bertz CT molecular complexity index is 701. The van der Waals surface area contributed by atoms with Gasteiger partial charge in [0.25, 0.3) is 11.8 Å². The lowest BCUT2D eigenvalue weighted by Crippen LogP contribution is -2.26. The Morgan fingerprint density at radius 2 is 1.08 bits per heavy atom. The second-order valence-electron chi connectivity index (χ2n) is 5.73. The normalized spacial score (nSPS) is 16.5. The van der Waals surface area contributed by atoms with E-state index in [1.165, 1.54) is 21.6 Å². The molecular weight excluding hydrogens is 352 g/mol. The molecule has 1 aliphatic rings. The van der Waals surface area contributed by atoms with Crippen molar-refractivity contribution in [2.24, 2.45) is 0 Å². The summed E-state index contributed by atoms with van der Waals surface area (Å²) in [5.41, 5.74) is 1.36. The van der Waals surface area contributed by atoms with Crippen LogP contribution in [-0.4, -0.2) is 24.9 Å². The molecule has 0 saturated carbocycles. The molecule has 6 heteroatoms. The lowest BCUT2D eigenvalue weighted by Gasteiger charge is -2.10. The molecule has 0 saturated heterocycles.